The van der Waals surface area contributed by atoms with Gasteiger partial charge in [-0.25, -0.2) is 0 Å². The molecule has 0 unspecified atom stereocenters. The van der Waals surface area contributed by atoms with Crippen LogP contribution in [0.15, 0.2) is 36.4 Å². The summed E-state index contributed by atoms with van der Waals surface area (Å²) in [6.07, 6.45) is -3.90. The molecule has 1 atom stereocenters. The molecule has 2 fully saturated rings. The number of benzene rings is 2. The minimum Gasteiger partial charge on any atom is -0.485 e. The number of fused-ring (bicyclic) bond motifs is 1. The number of anilines is 2. The summed E-state index contributed by atoms with van der Waals surface area (Å²) in [4.78, 5) is 28.2. The largest absolute Gasteiger partial charge is 0.485 e. The van der Waals surface area contributed by atoms with Crippen molar-refractivity contribution in [2.75, 3.05) is 23.5 Å². The summed E-state index contributed by atoms with van der Waals surface area (Å²) in [6, 6.07) is 9.55. The van der Waals surface area contributed by atoms with E-state index < -0.39 is 34.9 Å². The lowest BCUT2D eigenvalue weighted by atomic mass is 9.75. The molecule has 3 aliphatic rings. The third-order valence-electron chi connectivity index (χ3n) is 6.66. The number of rotatable bonds is 3. The van der Waals surface area contributed by atoms with E-state index in [1.165, 1.54) is 13.1 Å². The second kappa shape index (κ2) is 8.37. The molecule has 2 aromatic rings. The van der Waals surface area contributed by atoms with Crippen LogP contribution in [0, 0.1) is 11.3 Å². The third kappa shape index (κ3) is 3.53. The summed E-state index contributed by atoms with van der Waals surface area (Å²) in [7, 11) is 1.49. The predicted octanol–water partition coefficient (Wildman–Crippen LogP) is 3.52. The Hall–Kier alpha value is -3.85. The van der Waals surface area contributed by atoms with Gasteiger partial charge in [-0.05, 0) is 61.8 Å². The van der Waals surface area contributed by atoms with E-state index in [1.54, 1.807) is 29.2 Å². The fourth-order valence-electron chi connectivity index (χ4n) is 4.70. The maximum atomic E-state index is 13.6. The number of amides is 2. The molecule has 0 aromatic heterocycles. The molecule has 1 saturated carbocycles. The molecule has 5 rings (SSSR count). The first-order valence-corrected chi connectivity index (χ1v) is 11.5. The number of thiocarbonyl (C=S) groups is 1. The Balaban J connectivity index is 1.52. The van der Waals surface area contributed by atoms with Crippen molar-refractivity contribution in [2.24, 2.45) is 0 Å². The zero-order chi connectivity index (χ0) is 25.8. The standard InChI is InChI=1S/C24H19F3N4O4S/c1-29-20(32)19-12-34-18-10-15(5-6-17(18)35-19)31-22(36)30(21(33)23(31)7-2-8-23)14-4-3-13(11-28)16(9-14)24(25,26)27/h3-6,9-10,19H,2,7-8,12H2,1H3,(H,29,32)/t19-/m0/s1. The van der Waals surface area contributed by atoms with Gasteiger partial charge in [0.25, 0.3) is 11.8 Å². The van der Waals surface area contributed by atoms with Crippen LogP contribution in [0.25, 0.3) is 0 Å². The first-order valence-electron chi connectivity index (χ1n) is 11.1. The molecule has 2 aromatic carbocycles. The summed E-state index contributed by atoms with van der Waals surface area (Å²) in [5.74, 6) is -0.0584. The van der Waals surface area contributed by atoms with Gasteiger partial charge in [-0.1, -0.05) is 0 Å². The second-order valence-corrected chi connectivity index (χ2v) is 9.01. The van der Waals surface area contributed by atoms with Crippen LogP contribution in [0.5, 0.6) is 11.5 Å². The summed E-state index contributed by atoms with van der Waals surface area (Å²) >= 11 is 5.63. The van der Waals surface area contributed by atoms with Gasteiger partial charge in [-0.15, -0.1) is 0 Å². The van der Waals surface area contributed by atoms with Crippen LogP contribution in [0.1, 0.15) is 30.4 Å². The Morgan fingerprint density at radius 3 is 2.53 bits per heavy atom. The summed E-state index contributed by atoms with van der Waals surface area (Å²) in [5.41, 5.74) is -2.25. The molecule has 12 heteroatoms. The molecular formula is C24H19F3N4O4S. The Kier molecular flexibility index (Phi) is 5.55. The second-order valence-electron chi connectivity index (χ2n) is 8.65. The number of ether oxygens (including phenoxy) is 2. The number of alkyl halides is 3. The lowest BCUT2D eigenvalue weighted by Gasteiger charge is -2.43. The van der Waals surface area contributed by atoms with E-state index in [0.717, 1.165) is 23.5 Å². The SMILES string of the molecule is CNC(=O)[C@@H]1COc2cc(N3C(=S)N(c4ccc(C#N)c(C(F)(F)F)c4)C(=O)C34CCC4)ccc2O1. The molecule has 1 saturated heterocycles. The highest BCUT2D eigenvalue weighted by Crippen LogP contribution is 2.49. The monoisotopic (exact) mass is 516 g/mol. The van der Waals surface area contributed by atoms with Crippen LogP contribution in [0.4, 0.5) is 24.5 Å². The van der Waals surface area contributed by atoms with Crippen molar-refractivity contribution in [3.63, 3.8) is 0 Å². The summed E-state index contributed by atoms with van der Waals surface area (Å²) < 4.78 is 52.2. The van der Waals surface area contributed by atoms with E-state index in [9.17, 15) is 22.8 Å². The number of likely N-dealkylation sites (N-methyl/N-ethyl adjacent to an activating group) is 1. The molecule has 0 bridgehead atoms. The number of hydrogen-bond acceptors (Lipinski definition) is 6. The van der Waals surface area contributed by atoms with E-state index in [4.69, 9.17) is 27.0 Å². The zero-order valence-corrected chi connectivity index (χ0v) is 19.7. The van der Waals surface area contributed by atoms with Gasteiger partial charge in [0.1, 0.15) is 12.1 Å². The van der Waals surface area contributed by atoms with Gasteiger partial charge < -0.3 is 19.7 Å². The number of halogens is 3. The maximum absolute atomic E-state index is 13.6. The minimum atomic E-state index is -4.78. The number of hydrogen-bond donors (Lipinski definition) is 1. The first kappa shape index (κ1) is 23.9. The fraction of sp³-hybridized carbons (Fsp3) is 0.333. The molecular weight excluding hydrogens is 497 g/mol. The van der Waals surface area contributed by atoms with Crippen molar-refractivity contribution < 1.29 is 32.2 Å². The van der Waals surface area contributed by atoms with Gasteiger partial charge in [0, 0.05) is 18.8 Å². The molecule has 186 valence electrons. The van der Waals surface area contributed by atoms with E-state index >= 15 is 0 Å². The van der Waals surface area contributed by atoms with Crippen molar-refractivity contribution in [1.29, 1.82) is 5.26 Å². The molecule has 2 amide bonds. The Morgan fingerprint density at radius 2 is 1.92 bits per heavy atom. The highest BCUT2D eigenvalue weighted by molar-refractivity contribution is 7.81. The van der Waals surface area contributed by atoms with Gasteiger partial charge in [-0.2, -0.15) is 18.4 Å². The maximum Gasteiger partial charge on any atom is 0.417 e. The Labute approximate surface area is 209 Å². The third-order valence-corrected chi connectivity index (χ3v) is 7.03. The van der Waals surface area contributed by atoms with Crippen LogP contribution < -0.4 is 24.6 Å². The predicted molar refractivity (Wildman–Crippen MR) is 126 cm³/mol. The van der Waals surface area contributed by atoms with Crippen molar-refractivity contribution in [1.82, 2.24) is 5.32 Å². The number of carbonyl (C=O) groups is 2. The quantitative estimate of drug-likeness (QED) is 0.624. The zero-order valence-electron chi connectivity index (χ0n) is 18.9. The van der Waals surface area contributed by atoms with Crippen molar-refractivity contribution in [2.45, 2.75) is 37.1 Å². The highest BCUT2D eigenvalue weighted by atomic mass is 32.1. The smallest absolute Gasteiger partial charge is 0.417 e. The minimum absolute atomic E-state index is 0.0117. The van der Waals surface area contributed by atoms with Crippen LogP contribution in [-0.4, -0.2) is 42.2 Å². The average molecular weight is 517 g/mol. The topological polar surface area (TPSA) is 94.9 Å². The average Bonchev–Trinajstić information content (AvgIpc) is 3.08. The van der Waals surface area contributed by atoms with E-state index in [-0.39, 0.29) is 23.3 Å². The number of nitriles is 1. The van der Waals surface area contributed by atoms with Crippen LogP contribution in [0.3, 0.4) is 0 Å². The number of nitrogens with one attached hydrogen (secondary N) is 1. The molecule has 1 aliphatic carbocycles. The first-order chi connectivity index (χ1) is 17.1. The van der Waals surface area contributed by atoms with Gasteiger partial charge in [-0.3, -0.25) is 14.5 Å². The van der Waals surface area contributed by atoms with Crippen LogP contribution in [-0.2, 0) is 15.8 Å². The van der Waals surface area contributed by atoms with Crippen LogP contribution >= 0.6 is 12.2 Å². The van der Waals surface area contributed by atoms with E-state index in [0.29, 0.717) is 30.0 Å². The lowest BCUT2D eigenvalue weighted by molar-refractivity contribution is -0.137. The summed E-state index contributed by atoms with van der Waals surface area (Å²) in [5, 5.41) is 11.6. The van der Waals surface area contributed by atoms with Crippen molar-refractivity contribution >= 4 is 40.5 Å². The molecule has 8 nitrogen and oxygen atoms in total. The van der Waals surface area contributed by atoms with Gasteiger partial charge >= 0.3 is 6.18 Å². The van der Waals surface area contributed by atoms with Gasteiger partial charge in [0.2, 0.25) is 6.10 Å². The number of nitrogens with zero attached hydrogens (tertiary/aromatic N) is 3. The van der Waals surface area contributed by atoms with Crippen LogP contribution in [0.2, 0.25) is 0 Å². The van der Waals surface area contributed by atoms with Crippen molar-refractivity contribution in [3.8, 4) is 17.6 Å². The highest BCUT2D eigenvalue weighted by Gasteiger charge is 2.59. The normalized spacial score (nSPS) is 20.2. The summed E-state index contributed by atoms with van der Waals surface area (Å²) in [6.45, 7) is -0.0117. The molecule has 1 N–H and O–H groups in total. The number of carbonyl (C=O) groups excluding carboxylic acids is 2. The lowest BCUT2D eigenvalue weighted by Crippen LogP contribution is -2.55. The molecule has 36 heavy (non-hydrogen) atoms. The molecule has 2 heterocycles. The van der Waals surface area contributed by atoms with Gasteiger partial charge in [0.05, 0.1) is 22.9 Å². The fourth-order valence-corrected chi connectivity index (χ4v) is 5.17. The van der Waals surface area contributed by atoms with E-state index in [2.05, 4.69) is 5.32 Å². The Bertz CT molecular complexity index is 1340. The van der Waals surface area contributed by atoms with Gasteiger partial charge in [0.15, 0.2) is 16.6 Å². The Morgan fingerprint density at radius 1 is 1.19 bits per heavy atom. The van der Waals surface area contributed by atoms with E-state index in [1.807, 2.05) is 0 Å². The molecule has 1 spiro atoms. The molecule has 0 radical (unpaired) electrons. The van der Waals surface area contributed by atoms with Crippen molar-refractivity contribution in [3.05, 3.63) is 47.5 Å². The molecule has 2 aliphatic heterocycles.